The van der Waals surface area contributed by atoms with Crippen molar-refractivity contribution in [2.24, 2.45) is 0 Å². The lowest BCUT2D eigenvalue weighted by Gasteiger charge is -2.29. The van der Waals surface area contributed by atoms with Crippen LogP contribution in [-0.4, -0.2) is 4.57 Å². The number of rotatable bonds is 7. The molecule has 3 nitrogen and oxygen atoms in total. The standard InChI is InChI=1S/C54H36N2O/c1-2-15-37(16-3-1)38-31-33-39(34-32-38)40-17-12-18-41(35-40)55(42-19-13-20-43(36-42)56-50-27-9-4-21-44(50)45-22-5-10-28-51(45)56)49-26-8-6-23-46(49)47-25-14-30-53-54(47)48-24-7-11-29-52(48)57-53/h1-36H. The van der Waals surface area contributed by atoms with Crippen molar-refractivity contribution >= 4 is 60.8 Å². The van der Waals surface area contributed by atoms with Crippen molar-refractivity contribution in [3.8, 4) is 39.1 Å². The summed E-state index contributed by atoms with van der Waals surface area (Å²) in [6, 6.07) is 78.2. The molecule has 0 unspecified atom stereocenters. The molecular weight excluding hydrogens is 693 g/mol. The molecule has 0 saturated heterocycles. The van der Waals surface area contributed by atoms with E-state index in [4.69, 9.17) is 4.42 Å². The maximum absolute atomic E-state index is 6.40. The molecule has 0 atom stereocenters. The third-order valence-corrected chi connectivity index (χ3v) is 11.2. The van der Waals surface area contributed by atoms with Gasteiger partial charge in [-0.25, -0.2) is 0 Å². The molecule has 0 bridgehead atoms. The highest BCUT2D eigenvalue weighted by Crippen LogP contribution is 2.46. The molecule has 3 heteroatoms. The van der Waals surface area contributed by atoms with E-state index in [0.29, 0.717) is 0 Å². The molecule has 11 aromatic rings. The van der Waals surface area contributed by atoms with Crippen LogP contribution in [0.2, 0.25) is 0 Å². The first-order valence-corrected chi connectivity index (χ1v) is 19.4. The second-order valence-electron chi connectivity index (χ2n) is 14.5. The second kappa shape index (κ2) is 13.6. The molecule has 2 aromatic heterocycles. The first-order chi connectivity index (χ1) is 28.3. The van der Waals surface area contributed by atoms with Gasteiger partial charge in [0.1, 0.15) is 11.2 Å². The quantitative estimate of drug-likeness (QED) is 0.163. The van der Waals surface area contributed by atoms with Gasteiger partial charge in [0.25, 0.3) is 0 Å². The topological polar surface area (TPSA) is 21.3 Å². The van der Waals surface area contributed by atoms with E-state index in [2.05, 4.69) is 222 Å². The average molecular weight is 729 g/mol. The predicted molar refractivity (Wildman–Crippen MR) is 239 cm³/mol. The normalized spacial score (nSPS) is 11.5. The van der Waals surface area contributed by atoms with E-state index in [0.717, 1.165) is 61.4 Å². The number of furan rings is 1. The van der Waals surface area contributed by atoms with Gasteiger partial charge in [-0.15, -0.1) is 0 Å². The fraction of sp³-hybridized carbons (Fsp3) is 0. The Bertz CT molecular complexity index is 3190. The second-order valence-corrected chi connectivity index (χ2v) is 14.5. The molecule has 0 N–H and O–H groups in total. The zero-order valence-electron chi connectivity index (χ0n) is 31.1. The highest BCUT2D eigenvalue weighted by atomic mass is 16.3. The van der Waals surface area contributed by atoms with E-state index >= 15 is 0 Å². The molecule has 0 aliphatic carbocycles. The van der Waals surface area contributed by atoms with Crippen LogP contribution in [0.4, 0.5) is 17.1 Å². The summed E-state index contributed by atoms with van der Waals surface area (Å²) in [5.74, 6) is 0. The maximum Gasteiger partial charge on any atom is 0.136 e. The van der Waals surface area contributed by atoms with Crippen LogP contribution in [-0.2, 0) is 0 Å². The monoisotopic (exact) mass is 728 g/mol. The van der Waals surface area contributed by atoms with Crippen LogP contribution < -0.4 is 4.90 Å². The van der Waals surface area contributed by atoms with Gasteiger partial charge in [-0.05, 0) is 88.5 Å². The molecule has 0 amide bonds. The lowest BCUT2D eigenvalue weighted by atomic mass is 9.96. The summed E-state index contributed by atoms with van der Waals surface area (Å²) in [5.41, 5.74) is 15.4. The lowest BCUT2D eigenvalue weighted by Crippen LogP contribution is -2.12. The van der Waals surface area contributed by atoms with Gasteiger partial charge in [0, 0.05) is 44.2 Å². The average Bonchev–Trinajstić information content (AvgIpc) is 3.84. The SMILES string of the molecule is c1ccc(-c2ccc(-c3cccc(N(c4cccc(-n5c6ccccc6c6ccccc65)c4)c4ccccc4-c4cccc5oc6ccccc6c45)c3)cc2)cc1. The number of hydrogen-bond donors (Lipinski definition) is 0. The van der Waals surface area contributed by atoms with Crippen LogP contribution in [0.3, 0.4) is 0 Å². The molecule has 0 saturated carbocycles. The van der Waals surface area contributed by atoms with Crippen LogP contribution in [0.15, 0.2) is 223 Å². The van der Waals surface area contributed by atoms with Crippen molar-refractivity contribution in [2.75, 3.05) is 4.90 Å². The van der Waals surface area contributed by atoms with Crippen LogP contribution in [0, 0.1) is 0 Å². The smallest absolute Gasteiger partial charge is 0.136 e. The Hall–Kier alpha value is -7.62. The van der Waals surface area contributed by atoms with Crippen molar-refractivity contribution in [2.45, 2.75) is 0 Å². The van der Waals surface area contributed by atoms with Gasteiger partial charge in [0.15, 0.2) is 0 Å². The number of aromatic nitrogens is 1. The van der Waals surface area contributed by atoms with E-state index in [1.165, 1.54) is 38.5 Å². The van der Waals surface area contributed by atoms with Crippen LogP contribution >= 0.6 is 0 Å². The molecule has 11 rings (SSSR count). The van der Waals surface area contributed by atoms with Gasteiger partial charge in [0.05, 0.1) is 16.7 Å². The van der Waals surface area contributed by atoms with Gasteiger partial charge in [0.2, 0.25) is 0 Å². The summed E-state index contributed by atoms with van der Waals surface area (Å²) < 4.78 is 8.79. The number of anilines is 3. The summed E-state index contributed by atoms with van der Waals surface area (Å²) >= 11 is 0. The minimum Gasteiger partial charge on any atom is -0.456 e. The highest BCUT2D eigenvalue weighted by molar-refractivity contribution is 6.14. The number of fused-ring (bicyclic) bond motifs is 6. The van der Waals surface area contributed by atoms with Gasteiger partial charge >= 0.3 is 0 Å². The molecule has 57 heavy (non-hydrogen) atoms. The van der Waals surface area contributed by atoms with Gasteiger partial charge in [-0.2, -0.15) is 0 Å². The number of nitrogens with zero attached hydrogens (tertiary/aromatic N) is 2. The minimum atomic E-state index is 0.879. The molecule has 0 aliphatic heterocycles. The van der Waals surface area contributed by atoms with Crippen molar-refractivity contribution < 1.29 is 4.42 Å². The fourth-order valence-corrected chi connectivity index (χ4v) is 8.60. The highest BCUT2D eigenvalue weighted by Gasteiger charge is 2.22. The van der Waals surface area contributed by atoms with E-state index in [1.54, 1.807) is 0 Å². The lowest BCUT2D eigenvalue weighted by molar-refractivity contribution is 0.669. The van der Waals surface area contributed by atoms with E-state index in [9.17, 15) is 0 Å². The zero-order valence-corrected chi connectivity index (χ0v) is 31.1. The Balaban J connectivity index is 1.12. The van der Waals surface area contributed by atoms with Crippen molar-refractivity contribution in [3.05, 3.63) is 218 Å². The summed E-state index contributed by atoms with van der Waals surface area (Å²) in [7, 11) is 0. The molecule has 0 radical (unpaired) electrons. The van der Waals surface area contributed by atoms with Crippen molar-refractivity contribution in [1.29, 1.82) is 0 Å². The molecule has 268 valence electrons. The van der Waals surface area contributed by atoms with E-state index in [1.807, 2.05) is 6.07 Å². The van der Waals surface area contributed by atoms with E-state index in [-0.39, 0.29) is 0 Å². The van der Waals surface area contributed by atoms with Gasteiger partial charge in [-0.3, -0.25) is 0 Å². The van der Waals surface area contributed by atoms with E-state index < -0.39 is 0 Å². The Morgan fingerprint density at radius 1 is 0.351 bits per heavy atom. The third kappa shape index (κ3) is 5.60. The Morgan fingerprint density at radius 3 is 1.65 bits per heavy atom. The van der Waals surface area contributed by atoms with Crippen LogP contribution in [0.25, 0.3) is 82.8 Å². The summed E-state index contributed by atoms with van der Waals surface area (Å²) in [6.07, 6.45) is 0. The number of hydrogen-bond acceptors (Lipinski definition) is 2. The third-order valence-electron chi connectivity index (χ3n) is 11.2. The minimum absolute atomic E-state index is 0.879. The van der Waals surface area contributed by atoms with Crippen LogP contribution in [0.1, 0.15) is 0 Å². The first kappa shape index (κ1) is 32.8. The summed E-state index contributed by atoms with van der Waals surface area (Å²) in [6.45, 7) is 0. The molecule has 0 fully saturated rings. The maximum atomic E-state index is 6.40. The van der Waals surface area contributed by atoms with Crippen LogP contribution in [0.5, 0.6) is 0 Å². The summed E-state index contributed by atoms with van der Waals surface area (Å²) in [5, 5.41) is 4.71. The Morgan fingerprint density at radius 2 is 0.877 bits per heavy atom. The van der Waals surface area contributed by atoms with Gasteiger partial charge < -0.3 is 13.9 Å². The molecular formula is C54H36N2O. The predicted octanol–water partition coefficient (Wildman–Crippen LogP) is 15.2. The molecule has 9 aromatic carbocycles. The summed E-state index contributed by atoms with van der Waals surface area (Å²) in [4.78, 5) is 2.41. The molecule has 2 heterocycles. The Kier molecular flexibility index (Phi) is 7.82. The number of benzene rings is 9. The molecule has 0 spiro atoms. The largest absolute Gasteiger partial charge is 0.456 e. The Labute approximate surface area is 330 Å². The first-order valence-electron chi connectivity index (χ1n) is 19.4. The van der Waals surface area contributed by atoms with Crippen molar-refractivity contribution in [1.82, 2.24) is 4.57 Å². The number of para-hydroxylation sites is 4. The fourth-order valence-electron chi connectivity index (χ4n) is 8.60. The zero-order chi connectivity index (χ0) is 37.7. The molecule has 0 aliphatic rings. The van der Waals surface area contributed by atoms with Gasteiger partial charge in [-0.1, -0.05) is 158 Å². The van der Waals surface area contributed by atoms with Crippen molar-refractivity contribution in [3.63, 3.8) is 0 Å².